The molecule has 0 radical (unpaired) electrons. The fourth-order valence-corrected chi connectivity index (χ4v) is 4.48. The van der Waals surface area contributed by atoms with E-state index in [0.29, 0.717) is 36.7 Å². The van der Waals surface area contributed by atoms with Crippen molar-refractivity contribution in [3.05, 3.63) is 59.2 Å². The van der Waals surface area contributed by atoms with Crippen LogP contribution in [0.4, 0.5) is 5.82 Å². The summed E-state index contributed by atoms with van der Waals surface area (Å²) in [5.41, 5.74) is 1.99. The lowest BCUT2D eigenvalue weighted by molar-refractivity contribution is 0.0762. The average Bonchev–Trinajstić information content (AvgIpc) is 3.17. The Morgan fingerprint density at radius 2 is 1.97 bits per heavy atom. The second-order valence-electron chi connectivity index (χ2n) is 7.85. The molecule has 7 nitrogen and oxygen atoms in total. The van der Waals surface area contributed by atoms with Crippen LogP contribution in [0.15, 0.2) is 48.0 Å². The Labute approximate surface area is 191 Å². The summed E-state index contributed by atoms with van der Waals surface area (Å²) in [6, 6.07) is 13.5. The number of thiazole rings is 1. The molecule has 0 N–H and O–H groups in total. The van der Waals surface area contributed by atoms with Crippen LogP contribution in [-0.4, -0.2) is 53.1 Å². The molecule has 0 spiro atoms. The molecule has 0 unspecified atom stereocenters. The number of ether oxygens (including phenoxy) is 1. The number of amides is 1. The number of rotatable bonds is 5. The van der Waals surface area contributed by atoms with E-state index >= 15 is 0 Å². The van der Waals surface area contributed by atoms with Gasteiger partial charge in [-0.05, 0) is 56.7 Å². The number of hydrogen-bond donors (Lipinski definition) is 0. The molecule has 0 aliphatic carbocycles. The maximum absolute atomic E-state index is 13.1. The van der Waals surface area contributed by atoms with Gasteiger partial charge in [0.1, 0.15) is 28.3 Å². The zero-order valence-corrected chi connectivity index (χ0v) is 19.0. The maximum Gasteiger partial charge on any atom is 0.273 e. The molecular formula is C24H25N5O2S. The molecule has 8 heteroatoms. The third-order valence-corrected chi connectivity index (χ3v) is 6.08. The van der Waals surface area contributed by atoms with Crippen LogP contribution in [0.25, 0.3) is 10.6 Å². The number of carbonyl (C=O) groups excluding carboxylic acids is 1. The molecule has 1 fully saturated rings. The first-order chi connectivity index (χ1) is 15.5. The molecule has 0 saturated carbocycles. The van der Waals surface area contributed by atoms with Crippen LogP contribution in [0.1, 0.15) is 36.3 Å². The normalized spacial score (nSPS) is 14.2. The molecule has 0 atom stereocenters. The Balaban J connectivity index is 1.43. The number of anilines is 1. The van der Waals surface area contributed by atoms with Crippen LogP contribution >= 0.6 is 11.3 Å². The first kappa shape index (κ1) is 21.8. The molecule has 4 rings (SSSR count). The van der Waals surface area contributed by atoms with E-state index in [1.165, 1.54) is 11.3 Å². The molecule has 1 aromatic carbocycles. The summed E-state index contributed by atoms with van der Waals surface area (Å²) < 4.78 is 5.69. The van der Waals surface area contributed by atoms with E-state index < -0.39 is 0 Å². The summed E-state index contributed by atoms with van der Waals surface area (Å²) in [5, 5.41) is 12.0. The van der Waals surface area contributed by atoms with Crippen LogP contribution in [0, 0.1) is 11.3 Å². The lowest BCUT2D eigenvalue weighted by atomic mass is 10.2. The van der Waals surface area contributed by atoms with Gasteiger partial charge in [0.15, 0.2) is 0 Å². The van der Waals surface area contributed by atoms with Crippen molar-refractivity contribution >= 4 is 23.1 Å². The SMILES string of the molecule is CC(C)Oc1ccc(-c2nc(C(=O)N3CCCN(c4ncccc4C#N)CC3)cs2)cc1. The van der Waals surface area contributed by atoms with Crippen LogP contribution in [0.2, 0.25) is 0 Å². The van der Waals surface area contributed by atoms with Crippen molar-refractivity contribution in [3.63, 3.8) is 0 Å². The molecule has 2 aromatic heterocycles. The van der Waals surface area contributed by atoms with E-state index in [0.717, 1.165) is 29.3 Å². The predicted octanol–water partition coefficient (Wildman–Crippen LogP) is 4.22. The van der Waals surface area contributed by atoms with Gasteiger partial charge in [-0.1, -0.05) is 0 Å². The van der Waals surface area contributed by atoms with Gasteiger partial charge < -0.3 is 14.5 Å². The molecule has 0 bridgehead atoms. The minimum absolute atomic E-state index is 0.0596. The van der Waals surface area contributed by atoms with Crippen LogP contribution < -0.4 is 9.64 Å². The average molecular weight is 448 g/mol. The Hall–Kier alpha value is -3.44. The van der Waals surface area contributed by atoms with Gasteiger partial charge >= 0.3 is 0 Å². The van der Waals surface area contributed by atoms with Gasteiger partial charge in [-0.2, -0.15) is 5.26 Å². The van der Waals surface area contributed by atoms with Crippen molar-refractivity contribution in [2.24, 2.45) is 0 Å². The number of benzene rings is 1. The van der Waals surface area contributed by atoms with Crippen molar-refractivity contribution in [2.75, 3.05) is 31.1 Å². The number of hydrogen-bond acceptors (Lipinski definition) is 7. The van der Waals surface area contributed by atoms with E-state index in [4.69, 9.17) is 4.74 Å². The first-order valence-corrected chi connectivity index (χ1v) is 11.5. The lowest BCUT2D eigenvalue weighted by Crippen LogP contribution is -2.35. The largest absolute Gasteiger partial charge is 0.491 e. The molecule has 3 aromatic rings. The van der Waals surface area contributed by atoms with Gasteiger partial charge in [-0.25, -0.2) is 9.97 Å². The smallest absolute Gasteiger partial charge is 0.273 e. The molecule has 3 heterocycles. The number of nitrogens with zero attached hydrogens (tertiary/aromatic N) is 5. The molecule has 1 saturated heterocycles. The highest BCUT2D eigenvalue weighted by molar-refractivity contribution is 7.13. The van der Waals surface area contributed by atoms with Gasteiger partial charge in [0, 0.05) is 43.3 Å². The summed E-state index contributed by atoms with van der Waals surface area (Å²) >= 11 is 1.47. The number of carbonyl (C=O) groups is 1. The van der Waals surface area contributed by atoms with Gasteiger partial charge in [0.2, 0.25) is 0 Å². The molecule has 1 aliphatic rings. The molecule has 32 heavy (non-hydrogen) atoms. The van der Waals surface area contributed by atoms with Gasteiger partial charge in [0.05, 0.1) is 11.7 Å². The fourth-order valence-electron chi connectivity index (χ4n) is 3.68. The molecule has 1 amide bonds. The predicted molar refractivity (Wildman–Crippen MR) is 125 cm³/mol. The van der Waals surface area contributed by atoms with Gasteiger partial charge in [-0.3, -0.25) is 4.79 Å². The zero-order valence-electron chi connectivity index (χ0n) is 18.2. The van der Waals surface area contributed by atoms with Crippen LogP contribution in [-0.2, 0) is 0 Å². The second-order valence-corrected chi connectivity index (χ2v) is 8.71. The monoisotopic (exact) mass is 447 g/mol. The van der Waals surface area contributed by atoms with E-state index in [1.54, 1.807) is 18.3 Å². The highest BCUT2D eigenvalue weighted by Crippen LogP contribution is 2.27. The molecule has 1 aliphatic heterocycles. The Morgan fingerprint density at radius 1 is 1.16 bits per heavy atom. The maximum atomic E-state index is 13.1. The Kier molecular flexibility index (Phi) is 6.66. The summed E-state index contributed by atoms with van der Waals surface area (Å²) in [6.45, 7) is 6.59. The second kappa shape index (κ2) is 9.79. The van der Waals surface area contributed by atoms with Crippen molar-refractivity contribution in [1.82, 2.24) is 14.9 Å². The lowest BCUT2D eigenvalue weighted by Gasteiger charge is -2.23. The minimum Gasteiger partial charge on any atom is -0.491 e. The van der Waals surface area contributed by atoms with E-state index in [2.05, 4.69) is 20.9 Å². The van der Waals surface area contributed by atoms with Gasteiger partial charge in [-0.15, -0.1) is 11.3 Å². The standard InChI is InChI=1S/C24H25N5O2S/c1-17(2)31-20-8-6-18(7-9-20)23-27-21(16-32-23)24(30)29-12-4-11-28(13-14-29)22-19(15-25)5-3-10-26-22/h3,5-10,16-17H,4,11-14H2,1-2H3. The van der Waals surface area contributed by atoms with E-state index in [-0.39, 0.29) is 12.0 Å². The number of aromatic nitrogens is 2. The van der Waals surface area contributed by atoms with Crippen LogP contribution in [0.5, 0.6) is 5.75 Å². The number of pyridine rings is 1. The Morgan fingerprint density at radius 3 is 2.72 bits per heavy atom. The number of nitriles is 1. The summed E-state index contributed by atoms with van der Waals surface area (Å²) in [5.74, 6) is 1.44. The van der Waals surface area contributed by atoms with E-state index in [9.17, 15) is 10.1 Å². The zero-order chi connectivity index (χ0) is 22.5. The quantitative estimate of drug-likeness (QED) is 0.583. The Bertz CT molecular complexity index is 1120. The van der Waals surface area contributed by atoms with Crippen LogP contribution in [0.3, 0.4) is 0 Å². The highest BCUT2D eigenvalue weighted by Gasteiger charge is 2.24. The third kappa shape index (κ3) is 4.89. The molecular weight excluding hydrogens is 422 g/mol. The van der Waals surface area contributed by atoms with Crippen molar-refractivity contribution in [3.8, 4) is 22.4 Å². The molecule has 164 valence electrons. The fraction of sp³-hybridized carbons (Fsp3) is 0.333. The third-order valence-electron chi connectivity index (χ3n) is 5.19. The first-order valence-electron chi connectivity index (χ1n) is 10.7. The summed E-state index contributed by atoms with van der Waals surface area (Å²) in [7, 11) is 0. The van der Waals surface area contributed by atoms with Crippen molar-refractivity contribution in [1.29, 1.82) is 5.26 Å². The summed E-state index contributed by atoms with van der Waals surface area (Å²) in [6.07, 6.45) is 2.63. The minimum atomic E-state index is -0.0596. The summed E-state index contributed by atoms with van der Waals surface area (Å²) in [4.78, 5) is 26.0. The van der Waals surface area contributed by atoms with Gasteiger partial charge in [0.25, 0.3) is 5.91 Å². The van der Waals surface area contributed by atoms with Crippen molar-refractivity contribution < 1.29 is 9.53 Å². The van der Waals surface area contributed by atoms with Crippen molar-refractivity contribution in [2.45, 2.75) is 26.4 Å². The van der Waals surface area contributed by atoms with E-state index in [1.807, 2.05) is 48.4 Å². The topological polar surface area (TPSA) is 82.3 Å². The highest BCUT2D eigenvalue weighted by atomic mass is 32.1.